The molecule has 3 atom stereocenters. The van der Waals surface area contributed by atoms with Gasteiger partial charge in [0.25, 0.3) is 5.91 Å². The Morgan fingerprint density at radius 2 is 1.94 bits per heavy atom. The van der Waals surface area contributed by atoms with E-state index in [9.17, 15) is 23.1 Å². The summed E-state index contributed by atoms with van der Waals surface area (Å²) in [6.45, 7) is 4.93. The third kappa shape index (κ3) is 3.59. The monoisotopic (exact) mass is 436 g/mol. The molecule has 2 aliphatic rings. The first kappa shape index (κ1) is 21.4. The first-order chi connectivity index (χ1) is 14.6. The number of fused-ring (bicyclic) bond motifs is 1. The van der Waals surface area contributed by atoms with Crippen molar-refractivity contribution < 1.29 is 27.5 Å². The Morgan fingerprint density at radius 3 is 2.48 bits per heavy atom. The zero-order valence-electron chi connectivity index (χ0n) is 17.2. The lowest BCUT2D eigenvalue weighted by Crippen LogP contribution is -2.54. The number of aromatic nitrogens is 1. The number of nitrogens with one attached hydrogen (secondary N) is 2. The van der Waals surface area contributed by atoms with Gasteiger partial charge in [0, 0.05) is 11.6 Å². The van der Waals surface area contributed by atoms with Crippen LogP contribution in [0.15, 0.2) is 40.4 Å². The maximum absolute atomic E-state index is 13.9. The van der Waals surface area contributed by atoms with Gasteiger partial charge in [0.1, 0.15) is 29.2 Å². The van der Waals surface area contributed by atoms with Gasteiger partial charge in [-0.05, 0) is 12.5 Å². The third-order valence-corrected chi connectivity index (χ3v) is 5.58. The van der Waals surface area contributed by atoms with E-state index >= 15 is 0 Å². The lowest BCUT2D eigenvalue weighted by Gasteiger charge is -2.34. The van der Waals surface area contributed by atoms with Crippen LogP contribution in [-0.2, 0) is 11.4 Å². The summed E-state index contributed by atoms with van der Waals surface area (Å²) in [5, 5.41) is 13.6. The summed E-state index contributed by atoms with van der Waals surface area (Å²) in [4.78, 5) is 17.5. The number of nitrogens with zero attached hydrogens (tertiary/aromatic N) is 2. The van der Waals surface area contributed by atoms with Crippen molar-refractivity contribution in [3.05, 3.63) is 58.9 Å². The van der Waals surface area contributed by atoms with Crippen LogP contribution in [0.4, 0.5) is 13.2 Å². The van der Waals surface area contributed by atoms with E-state index in [4.69, 9.17) is 4.42 Å². The molecule has 0 radical (unpaired) electrons. The molecule has 4 rings (SSSR count). The minimum atomic E-state index is -4.58. The Labute approximate surface area is 176 Å². The molecule has 10 heteroatoms. The Balaban J connectivity index is 1.76. The number of alkyl halides is 3. The smallest absolute Gasteiger partial charge is 0.406 e. The van der Waals surface area contributed by atoms with Gasteiger partial charge in [-0.25, -0.2) is 15.4 Å². The summed E-state index contributed by atoms with van der Waals surface area (Å²) >= 11 is 0. The van der Waals surface area contributed by atoms with E-state index in [0.29, 0.717) is 22.7 Å². The van der Waals surface area contributed by atoms with Crippen molar-refractivity contribution in [3.63, 3.8) is 0 Å². The van der Waals surface area contributed by atoms with E-state index in [2.05, 4.69) is 15.7 Å². The Kier molecular flexibility index (Phi) is 5.30. The minimum absolute atomic E-state index is 0.0278. The fourth-order valence-electron chi connectivity index (χ4n) is 4.18. The molecular weight excluding hydrogens is 413 g/mol. The molecule has 166 valence electrons. The number of allylic oxidation sites excluding steroid dienone is 1. The summed E-state index contributed by atoms with van der Waals surface area (Å²) in [5.74, 6) is -1.42. The molecule has 3 unspecified atom stereocenters. The summed E-state index contributed by atoms with van der Waals surface area (Å²) in [6, 6.07) is 6.34. The number of aliphatic hydroxyl groups is 1. The number of benzene rings is 1. The maximum Gasteiger partial charge on any atom is 0.406 e. The largest absolute Gasteiger partial charge is 0.440 e. The van der Waals surface area contributed by atoms with Crippen molar-refractivity contribution in [2.75, 3.05) is 0 Å². The van der Waals surface area contributed by atoms with E-state index < -0.39 is 30.2 Å². The first-order valence-corrected chi connectivity index (χ1v) is 9.93. The Bertz CT molecular complexity index is 1020. The molecule has 3 heterocycles. The standard InChI is InChI=1S/C21H23F3N4O3/c1-10(2)16-13(9-29)26-19(31-16)14-11(3)25-18-15(12-7-5-4-6-8-12)17(21(22,23)24)27-28(18)20(14)30/h4-8,10,15,17-18,25,27,29H,9H2,1-3H3. The predicted octanol–water partition coefficient (Wildman–Crippen LogP) is 3.01. The van der Waals surface area contributed by atoms with Gasteiger partial charge in [-0.2, -0.15) is 13.2 Å². The van der Waals surface area contributed by atoms with E-state index in [1.165, 1.54) is 0 Å². The SMILES string of the molecule is CC1=C(c2nc(CO)c(C(C)C)o2)C(=O)N2NC(C(F)(F)F)C(c3ccccc3)C2N1. The lowest BCUT2D eigenvalue weighted by molar-refractivity contribution is -0.161. The molecule has 3 N–H and O–H groups in total. The molecule has 0 aliphatic carbocycles. The summed E-state index contributed by atoms with van der Waals surface area (Å²) in [5.41, 5.74) is 3.50. The van der Waals surface area contributed by atoms with Crippen molar-refractivity contribution in [3.8, 4) is 0 Å². The van der Waals surface area contributed by atoms with Crippen LogP contribution in [-0.4, -0.2) is 39.4 Å². The Morgan fingerprint density at radius 1 is 1.26 bits per heavy atom. The second-order valence-electron chi connectivity index (χ2n) is 7.99. The van der Waals surface area contributed by atoms with Crippen LogP contribution in [0.1, 0.15) is 55.5 Å². The highest BCUT2D eigenvalue weighted by atomic mass is 19.4. The number of amides is 1. The molecule has 1 aromatic carbocycles. The molecular formula is C21H23F3N4O3. The van der Waals surface area contributed by atoms with Crippen LogP contribution in [0.2, 0.25) is 0 Å². The van der Waals surface area contributed by atoms with Gasteiger partial charge >= 0.3 is 6.18 Å². The number of carbonyl (C=O) groups excluding carboxylic acids is 1. The van der Waals surface area contributed by atoms with Crippen LogP contribution in [0.3, 0.4) is 0 Å². The van der Waals surface area contributed by atoms with Crippen molar-refractivity contribution in [2.24, 2.45) is 0 Å². The number of halogens is 3. The molecule has 0 saturated carbocycles. The minimum Gasteiger partial charge on any atom is -0.440 e. The molecule has 1 saturated heterocycles. The maximum atomic E-state index is 13.9. The molecule has 0 spiro atoms. The summed E-state index contributed by atoms with van der Waals surface area (Å²) in [6.07, 6.45) is -5.52. The number of hydrogen-bond acceptors (Lipinski definition) is 6. The van der Waals surface area contributed by atoms with Crippen molar-refractivity contribution in [1.29, 1.82) is 0 Å². The average molecular weight is 436 g/mol. The highest BCUT2D eigenvalue weighted by Crippen LogP contribution is 2.42. The number of hydrazine groups is 1. The van der Waals surface area contributed by atoms with Crippen LogP contribution in [0, 0.1) is 0 Å². The summed E-state index contributed by atoms with van der Waals surface area (Å²) in [7, 11) is 0. The van der Waals surface area contributed by atoms with E-state index in [0.717, 1.165) is 5.01 Å². The highest BCUT2D eigenvalue weighted by Gasteiger charge is 2.58. The van der Waals surface area contributed by atoms with E-state index in [-0.39, 0.29) is 24.0 Å². The van der Waals surface area contributed by atoms with Crippen LogP contribution < -0.4 is 10.7 Å². The van der Waals surface area contributed by atoms with Crippen LogP contribution >= 0.6 is 0 Å². The average Bonchev–Trinajstić information content (AvgIpc) is 3.30. The molecule has 2 aliphatic heterocycles. The number of oxazole rings is 1. The van der Waals surface area contributed by atoms with Gasteiger partial charge in [0.2, 0.25) is 5.89 Å². The Hall–Kier alpha value is -2.85. The number of hydrogen-bond donors (Lipinski definition) is 3. The van der Waals surface area contributed by atoms with Crippen LogP contribution in [0.25, 0.3) is 5.57 Å². The van der Waals surface area contributed by atoms with Gasteiger partial charge in [-0.15, -0.1) is 0 Å². The summed E-state index contributed by atoms with van der Waals surface area (Å²) < 4.78 is 47.3. The van der Waals surface area contributed by atoms with E-state index in [1.54, 1.807) is 37.3 Å². The van der Waals surface area contributed by atoms with Gasteiger partial charge in [0.15, 0.2) is 0 Å². The first-order valence-electron chi connectivity index (χ1n) is 9.93. The normalized spacial score (nSPS) is 24.1. The van der Waals surface area contributed by atoms with Crippen molar-refractivity contribution in [1.82, 2.24) is 20.7 Å². The van der Waals surface area contributed by atoms with Gasteiger partial charge in [-0.1, -0.05) is 44.2 Å². The van der Waals surface area contributed by atoms with Crippen molar-refractivity contribution >= 4 is 11.5 Å². The molecule has 1 amide bonds. The van der Waals surface area contributed by atoms with Gasteiger partial charge < -0.3 is 14.8 Å². The third-order valence-electron chi connectivity index (χ3n) is 5.58. The van der Waals surface area contributed by atoms with Gasteiger partial charge in [0.05, 0.1) is 12.5 Å². The molecule has 1 aromatic heterocycles. The topological polar surface area (TPSA) is 90.6 Å². The molecule has 2 aromatic rings. The second-order valence-corrected chi connectivity index (χ2v) is 7.99. The van der Waals surface area contributed by atoms with E-state index in [1.807, 2.05) is 13.8 Å². The fraction of sp³-hybridized carbons (Fsp3) is 0.429. The molecule has 1 fully saturated rings. The van der Waals surface area contributed by atoms with Crippen LogP contribution in [0.5, 0.6) is 0 Å². The molecule has 0 bridgehead atoms. The number of aliphatic hydroxyl groups excluding tert-OH is 1. The zero-order chi connectivity index (χ0) is 22.5. The van der Waals surface area contributed by atoms with Gasteiger partial charge in [-0.3, -0.25) is 4.79 Å². The number of carbonyl (C=O) groups is 1. The zero-order valence-corrected chi connectivity index (χ0v) is 17.2. The highest BCUT2D eigenvalue weighted by molar-refractivity contribution is 6.19. The predicted molar refractivity (Wildman–Crippen MR) is 105 cm³/mol. The number of rotatable bonds is 4. The second kappa shape index (κ2) is 7.69. The lowest BCUT2D eigenvalue weighted by atomic mass is 9.89. The van der Waals surface area contributed by atoms with Crippen molar-refractivity contribution in [2.45, 2.75) is 57.6 Å². The molecule has 31 heavy (non-hydrogen) atoms. The fourth-order valence-corrected chi connectivity index (χ4v) is 4.18. The quantitative estimate of drug-likeness (QED) is 0.683. The molecule has 7 nitrogen and oxygen atoms in total.